The third-order valence-electron chi connectivity index (χ3n) is 4.92. The minimum atomic E-state index is 0.00113. The third kappa shape index (κ3) is 3.12. The molecule has 0 saturated heterocycles. The zero-order chi connectivity index (χ0) is 17.2. The van der Waals surface area contributed by atoms with Crippen LogP contribution in [0.25, 0.3) is 11.1 Å². The Morgan fingerprint density at radius 2 is 1.48 bits per heavy atom. The molecule has 2 atom stereocenters. The summed E-state index contributed by atoms with van der Waals surface area (Å²) in [7, 11) is 0. The van der Waals surface area contributed by atoms with Gasteiger partial charge in [-0.3, -0.25) is 0 Å². The van der Waals surface area contributed by atoms with Gasteiger partial charge in [-0.25, -0.2) is 0 Å². The molecule has 3 aromatic carbocycles. The Balaban J connectivity index is 1.51. The van der Waals surface area contributed by atoms with Crippen molar-refractivity contribution >= 4 is 5.69 Å². The van der Waals surface area contributed by atoms with E-state index in [4.69, 9.17) is 4.74 Å². The number of benzene rings is 3. The summed E-state index contributed by atoms with van der Waals surface area (Å²) in [4.78, 5) is 2.38. The highest BCUT2D eigenvalue weighted by molar-refractivity contribution is 5.64. The summed E-state index contributed by atoms with van der Waals surface area (Å²) in [6, 6.07) is 27.9. The fourth-order valence-corrected chi connectivity index (χ4v) is 3.75. The first kappa shape index (κ1) is 15.8. The van der Waals surface area contributed by atoms with Crippen LogP contribution < -0.4 is 9.64 Å². The summed E-state index contributed by atoms with van der Waals surface area (Å²) in [5.74, 6) is 0.906. The van der Waals surface area contributed by atoms with Crippen LogP contribution in [-0.2, 0) is 6.42 Å². The van der Waals surface area contributed by atoms with Gasteiger partial charge in [0.15, 0.2) is 6.23 Å². The molecule has 126 valence electrons. The molecule has 3 aromatic rings. The van der Waals surface area contributed by atoms with E-state index in [1.54, 1.807) is 0 Å². The molecule has 0 amide bonds. The summed E-state index contributed by atoms with van der Waals surface area (Å²) in [5.41, 5.74) is 5.14. The normalized spacial score (nSPS) is 17.2. The van der Waals surface area contributed by atoms with Gasteiger partial charge in [-0.05, 0) is 55.2 Å². The number of hydrogen-bond acceptors (Lipinski definition) is 2. The van der Waals surface area contributed by atoms with Crippen LogP contribution in [0.2, 0.25) is 0 Å². The van der Waals surface area contributed by atoms with E-state index in [1.807, 2.05) is 6.07 Å². The maximum absolute atomic E-state index is 6.24. The van der Waals surface area contributed by atoms with Gasteiger partial charge in [0.25, 0.3) is 0 Å². The molecule has 0 aromatic heterocycles. The third-order valence-corrected chi connectivity index (χ3v) is 4.92. The zero-order valence-electron chi connectivity index (χ0n) is 14.7. The van der Waals surface area contributed by atoms with Crippen molar-refractivity contribution in [3.63, 3.8) is 0 Å². The lowest BCUT2D eigenvalue weighted by Crippen LogP contribution is -2.41. The first-order valence-electron chi connectivity index (χ1n) is 8.91. The molecule has 2 unspecified atom stereocenters. The number of ether oxygens (including phenoxy) is 1. The molecule has 2 nitrogen and oxygen atoms in total. The highest BCUT2D eigenvalue weighted by Gasteiger charge is 2.30. The smallest absolute Gasteiger partial charge is 0.169 e. The molecule has 4 rings (SSSR count). The van der Waals surface area contributed by atoms with Crippen LogP contribution in [0.1, 0.15) is 19.4 Å². The Morgan fingerprint density at radius 3 is 2.24 bits per heavy atom. The molecular formula is C23H23NO. The van der Waals surface area contributed by atoms with Crippen LogP contribution in [0.15, 0.2) is 78.9 Å². The number of anilines is 1. The molecule has 0 saturated carbocycles. The number of hydrogen-bond donors (Lipinski definition) is 0. The monoisotopic (exact) mass is 329 g/mol. The first-order chi connectivity index (χ1) is 12.2. The predicted molar refractivity (Wildman–Crippen MR) is 104 cm³/mol. The van der Waals surface area contributed by atoms with Gasteiger partial charge in [0, 0.05) is 11.7 Å². The standard InChI is InChI=1S/C23H23NO/c1-17-16-21-10-6-7-11-23(21)24(17)18(2)25-22-14-12-20(13-15-22)19-8-4-3-5-9-19/h3-15,17-18H,16H2,1-2H3. The maximum Gasteiger partial charge on any atom is 0.169 e. The minimum absolute atomic E-state index is 0.00113. The quantitative estimate of drug-likeness (QED) is 0.624. The Hall–Kier alpha value is -2.74. The van der Waals surface area contributed by atoms with E-state index in [0.717, 1.165) is 12.2 Å². The molecule has 0 aliphatic carbocycles. The van der Waals surface area contributed by atoms with Crippen molar-refractivity contribution in [2.24, 2.45) is 0 Å². The van der Waals surface area contributed by atoms with E-state index < -0.39 is 0 Å². The lowest BCUT2D eigenvalue weighted by atomic mass is 10.1. The van der Waals surface area contributed by atoms with Gasteiger partial charge >= 0.3 is 0 Å². The Labute approximate surface area is 149 Å². The molecule has 0 bridgehead atoms. The molecule has 1 heterocycles. The van der Waals surface area contributed by atoms with Crippen molar-refractivity contribution in [1.29, 1.82) is 0 Å². The summed E-state index contributed by atoms with van der Waals surface area (Å²) in [5, 5.41) is 0. The van der Waals surface area contributed by atoms with Crippen molar-refractivity contribution in [3.05, 3.63) is 84.4 Å². The second kappa shape index (κ2) is 6.64. The van der Waals surface area contributed by atoms with Crippen LogP contribution in [0.4, 0.5) is 5.69 Å². The molecule has 0 radical (unpaired) electrons. The highest BCUT2D eigenvalue weighted by Crippen LogP contribution is 2.34. The van der Waals surface area contributed by atoms with Gasteiger partial charge < -0.3 is 9.64 Å². The van der Waals surface area contributed by atoms with Crippen LogP contribution in [0.3, 0.4) is 0 Å². The fourth-order valence-electron chi connectivity index (χ4n) is 3.75. The number of fused-ring (bicyclic) bond motifs is 1. The maximum atomic E-state index is 6.24. The summed E-state index contributed by atoms with van der Waals surface area (Å²) in [6.45, 7) is 4.39. The van der Waals surface area contributed by atoms with Crippen molar-refractivity contribution in [2.45, 2.75) is 32.5 Å². The molecule has 25 heavy (non-hydrogen) atoms. The largest absolute Gasteiger partial charge is 0.471 e. The summed E-state index contributed by atoms with van der Waals surface area (Å²) >= 11 is 0. The molecule has 0 N–H and O–H groups in total. The average molecular weight is 329 g/mol. The summed E-state index contributed by atoms with van der Waals surface area (Å²) < 4.78 is 6.24. The highest BCUT2D eigenvalue weighted by atomic mass is 16.5. The predicted octanol–water partition coefficient (Wildman–Crippen LogP) is 5.53. The molecule has 2 heteroatoms. The van der Waals surface area contributed by atoms with Crippen LogP contribution >= 0.6 is 0 Å². The van der Waals surface area contributed by atoms with Crippen LogP contribution in [0, 0.1) is 0 Å². The molecule has 1 aliphatic rings. The second-order valence-corrected chi connectivity index (χ2v) is 6.70. The molecule has 1 aliphatic heterocycles. The van der Waals surface area contributed by atoms with Crippen molar-refractivity contribution < 1.29 is 4.74 Å². The van der Waals surface area contributed by atoms with Gasteiger partial charge in [-0.1, -0.05) is 60.7 Å². The second-order valence-electron chi connectivity index (χ2n) is 6.70. The zero-order valence-corrected chi connectivity index (χ0v) is 14.7. The average Bonchev–Trinajstić information content (AvgIpc) is 2.99. The number of para-hydroxylation sites is 1. The molecule has 0 fully saturated rings. The van der Waals surface area contributed by atoms with E-state index >= 15 is 0 Å². The van der Waals surface area contributed by atoms with Gasteiger partial charge in [-0.15, -0.1) is 0 Å². The number of rotatable bonds is 4. The van der Waals surface area contributed by atoms with Crippen LogP contribution in [-0.4, -0.2) is 12.3 Å². The Bertz CT molecular complexity index is 841. The first-order valence-corrected chi connectivity index (χ1v) is 8.91. The van der Waals surface area contributed by atoms with Crippen LogP contribution in [0.5, 0.6) is 5.75 Å². The lowest BCUT2D eigenvalue weighted by molar-refractivity contribution is 0.208. The van der Waals surface area contributed by atoms with E-state index in [9.17, 15) is 0 Å². The van der Waals surface area contributed by atoms with E-state index in [0.29, 0.717) is 6.04 Å². The molecular weight excluding hydrogens is 306 g/mol. The number of nitrogens with zero attached hydrogens (tertiary/aromatic N) is 1. The van der Waals surface area contributed by atoms with Crippen molar-refractivity contribution in [1.82, 2.24) is 0 Å². The molecule has 0 spiro atoms. The van der Waals surface area contributed by atoms with Crippen molar-refractivity contribution in [3.8, 4) is 16.9 Å². The van der Waals surface area contributed by atoms with E-state index in [2.05, 4.69) is 91.5 Å². The Kier molecular flexibility index (Phi) is 4.19. The Morgan fingerprint density at radius 1 is 0.840 bits per heavy atom. The minimum Gasteiger partial charge on any atom is -0.471 e. The van der Waals surface area contributed by atoms with Gasteiger partial charge in [0.2, 0.25) is 0 Å². The van der Waals surface area contributed by atoms with E-state index in [-0.39, 0.29) is 6.23 Å². The van der Waals surface area contributed by atoms with Gasteiger partial charge in [0.05, 0.1) is 0 Å². The topological polar surface area (TPSA) is 12.5 Å². The lowest BCUT2D eigenvalue weighted by Gasteiger charge is -2.31. The summed E-state index contributed by atoms with van der Waals surface area (Å²) in [6.07, 6.45) is 1.08. The van der Waals surface area contributed by atoms with Gasteiger partial charge in [0.1, 0.15) is 5.75 Å². The fraction of sp³-hybridized carbons (Fsp3) is 0.217. The van der Waals surface area contributed by atoms with E-state index in [1.165, 1.54) is 22.4 Å². The van der Waals surface area contributed by atoms with Crippen molar-refractivity contribution in [2.75, 3.05) is 4.90 Å². The van der Waals surface area contributed by atoms with Gasteiger partial charge in [-0.2, -0.15) is 0 Å². The SMILES string of the molecule is CC1Cc2ccccc2N1C(C)Oc1ccc(-c2ccccc2)cc1.